The van der Waals surface area contributed by atoms with E-state index in [2.05, 4.69) is 5.32 Å². The van der Waals surface area contributed by atoms with Crippen LogP contribution in [0.2, 0.25) is 0 Å². The Bertz CT molecular complexity index is 1180. The second-order valence-corrected chi connectivity index (χ2v) is 7.12. The van der Waals surface area contributed by atoms with Crippen LogP contribution >= 0.6 is 0 Å². The third-order valence-corrected chi connectivity index (χ3v) is 4.96. The molecule has 0 saturated carbocycles. The molecule has 0 atom stereocenters. The van der Waals surface area contributed by atoms with Crippen LogP contribution in [0.5, 0.6) is 5.75 Å². The van der Waals surface area contributed by atoms with Crippen LogP contribution in [-0.4, -0.2) is 16.4 Å². The smallest absolute Gasteiger partial charge is 0.310 e. The summed E-state index contributed by atoms with van der Waals surface area (Å²) in [5.41, 5.74) is 1.99. The Balaban J connectivity index is 1.94. The number of hydrogen-bond donors (Lipinski definition) is 1. The van der Waals surface area contributed by atoms with E-state index in [4.69, 9.17) is 4.74 Å². The molecule has 31 heavy (non-hydrogen) atoms. The summed E-state index contributed by atoms with van der Waals surface area (Å²) in [7, 11) is 0. The number of hydrogen-bond acceptors (Lipinski definition) is 4. The number of nitrogens with zero attached hydrogens (tertiary/aromatic N) is 1. The molecule has 0 bridgehead atoms. The van der Waals surface area contributed by atoms with Gasteiger partial charge in [0.1, 0.15) is 11.4 Å². The predicted octanol–water partition coefficient (Wildman–Crippen LogP) is 4.22. The van der Waals surface area contributed by atoms with Crippen LogP contribution in [0, 0.1) is 19.7 Å². The minimum absolute atomic E-state index is 0.0400. The molecule has 6 nitrogen and oxygen atoms in total. The molecule has 0 radical (unpaired) electrons. The van der Waals surface area contributed by atoms with Crippen LogP contribution < -0.4 is 15.6 Å². The van der Waals surface area contributed by atoms with E-state index in [-0.39, 0.29) is 35.8 Å². The number of anilines is 1. The molecule has 0 fully saturated rings. The molecule has 1 aromatic heterocycles. The molecule has 0 saturated heterocycles. The van der Waals surface area contributed by atoms with Crippen molar-refractivity contribution in [3.63, 3.8) is 0 Å². The van der Waals surface area contributed by atoms with E-state index in [0.29, 0.717) is 5.69 Å². The van der Waals surface area contributed by atoms with Crippen molar-refractivity contribution in [3.8, 4) is 5.75 Å². The normalized spacial score (nSPS) is 10.6. The van der Waals surface area contributed by atoms with Gasteiger partial charge in [0.2, 0.25) is 0 Å². The monoisotopic (exact) mass is 422 g/mol. The van der Waals surface area contributed by atoms with Crippen molar-refractivity contribution < 1.29 is 18.7 Å². The number of ether oxygens (including phenoxy) is 1. The summed E-state index contributed by atoms with van der Waals surface area (Å²) in [6, 6.07) is 13.9. The lowest BCUT2D eigenvalue weighted by Gasteiger charge is -2.16. The van der Waals surface area contributed by atoms with E-state index in [0.717, 1.165) is 11.1 Å². The third kappa shape index (κ3) is 5.06. The molecule has 2 aromatic carbocycles. The number of benzene rings is 2. The third-order valence-electron chi connectivity index (χ3n) is 4.96. The van der Waals surface area contributed by atoms with E-state index < -0.39 is 17.4 Å². The first kappa shape index (κ1) is 22.0. The number of pyridine rings is 1. The lowest BCUT2D eigenvalue weighted by atomic mass is 10.1. The highest BCUT2D eigenvalue weighted by Gasteiger charge is 2.18. The highest BCUT2D eigenvalue weighted by Crippen LogP contribution is 2.25. The van der Waals surface area contributed by atoms with Gasteiger partial charge >= 0.3 is 5.97 Å². The fraction of sp³-hybridized carbons (Fsp3) is 0.208. The standard InChI is InChI=1S/C24H23FN2O4/c1-4-22(28)31-21-8-6-5-7-20(21)26-23(29)19-13-15(2)16(3)27(24(19)30)14-17-9-11-18(25)12-10-17/h5-13H,4,14H2,1-3H3,(H,26,29). The van der Waals surface area contributed by atoms with Crippen LogP contribution in [0.3, 0.4) is 0 Å². The number of nitrogens with one attached hydrogen (secondary N) is 1. The number of esters is 1. The highest BCUT2D eigenvalue weighted by atomic mass is 19.1. The van der Waals surface area contributed by atoms with E-state index >= 15 is 0 Å². The van der Waals surface area contributed by atoms with Crippen molar-refractivity contribution in [2.45, 2.75) is 33.7 Å². The van der Waals surface area contributed by atoms with Crippen molar-refractivity contribution in [2.24, 2.45) is 0 Å². The first-order chi connectivity index (χ1) is 14.8. The topological polar surface area (TPSA) is 77.4 Å². The van der Waals surface area contributed by atoms with Gasteiger partial charge in [-0.3, -0.25) is 14.4 Å². The molecule has 160 valence electrons. The summed E-state index contributed by atoms with van der Waals surface area (Å²) in [5, 5.41) is 2.66. The molecule has 7 heteroatoms. The molecular weight excluding hydrogens is 399 g/mol. The zero-order valence-electron chi connectivity index (χ0n) is 17.6. The Morgan fingerprint density at radius 2 is 1.74 bits per heavy atom. The number of rotatable bonds is 6. The van der Waals surface area contributed by atoms with Gasteiger partial charge in [0.05, 0.1) is 12.2 Å². The van der Waals surface area contributed by atoms with Gasteiger partial charge in [0.25, 0.3) is 11.5 Å². The van der Waals surface area contributed by atoms with E-state index in [1.54, 1.807) is 50.2 Å². The molecule has 3 rings (SSSR count). The number of carbonyl (C=O) groups excluding carboxylic acids is 2. The van der Waals surface area contributed by atoms with Crippen LogP contribution in [0.4, 0.5) is 10.1 Å². The lowest BCUT2D eigenvalue weighted by Crippen LogP contribution is -2.31. The number of aryl methyl sites for hydroxylation is 1. The van der Waals surface area contributed by atoms with E-state index in [1.165, 1.54) is 22.8 Å². The van der Waals surface area contributed by atoms with Gasteiger partial charge in [-0.2, -0.15) is 0 Å². The maximum atomic E-state index is 13.2. The number of carbonyl (C=O) groups is 2. The number of amides is 1. The first-order valence-corrected chi connectivity index (χ1v) is 9.86. The minimum atomic E-state index is -0.610. The molecule has 1 N–H and O–H groups in total. The van der Waals surface area contributed by atoms with E-state index in [9.17, 15) is 18.8 Å². The maximum absolute atomic E-state index is 13.2. The summed E-state index contributed by atoms with van der Waals surface area (Å²) in [6.45, 7) is 5.48. The molecule has 0 aliphatic heterocycles. The molecule has 3 aromatic rings. The number of aromatic nitrogens is 1. The van der Waals surface area contributed by atoms with Crippen molar-refractivity contribution in [2.75, 3.05) is 5.32 Å². The zero-order chi connectivity index (χ0) is 22.5. The van der Waals surface area contributed by atoms with Crippen LogP contribution in [0.25, 0.3) is 0 Å². The predicted molar refractivity (Wildman–Crippen MR) is 116 cm³/mol. The van der Waals surface area contributed by atoms with Gasteiger partial charge < -0.3 is 14.6 Å². The summed E-state index contributed by atoms with van der Waals surface area (Å²) >= 11 is 0. The number of halogens is 1. The van der Waals surface area contributed by atoms with Crippen LogP contribution in [0.15, 0.2) is 59.4 Å². The summed E-state index contributed by atoms with van der Waals surface area (Å²) < 4.78 is 19.9. The summed E-state index contributed by atoms with van der Waals surface area (Å²) in [4.78, 5) is 37.7. The Morgan fingerprint density at radius 1 is 1.06 bits per heavy atom. The average Bonchev–Trinajstić information content (AvgIpc) is 2.76. The lowest BCUT2D eigenvalue weighted by molar-refractivity contribution is -0.133. The molecule has 1 amide bonds. The molecule has 1 heterocycles. The quantitative estimate of drug-likeness (QED) is 0.477. The fourth-order valence-corrected chi connectivity index (χ4v) is 3.06. The number of para-hydroxylation sites is 2. The van der Waals surface area contributed by atoms with E-state index in [1.807, 2.05) is 6.92 Å². The Hall–Kier alpha value is -3.74. The van der Waals surface area contributed by atoms with Gasteiger partial charge in [-0.25, -0.2) is 4.39 Å². The van der Waals surface area contributed by atoms with Crippen molar-refractivity contribution in [3.05, 3.63) is 93.2 Å². The Kier molecular flexibility index (Phi) is 6.65. The largest absolute Gasteiger partial charge is 0.424 e. The Morgan fingerprint density at radius 3 is 2.42 bits per heavy atom. The van der Waals surface area contributed by atoms with Gasteiger partial charge in [-0.05, 0) is 55.3 Å². The zero-order valence-corrected chi connectivity index (χ0v) is 17.6. The van der Waals surface area contributed by atoms with Crippen LogP contribution in [0.1, 0.15) is 40.5 Å². The molecule has 0 aliphatic carbocycles. The summed E-state index contributed by atoms with van der Waals surface area (Å²) in [5.74, 6) is -1.20. The molecular formula is C24H23FN2O4. The maximum Gasteiger partial charge on any atom is 0.310 e. The van der Waals surface area contributed by atoms with Gasteiger partial charge in [-0.15, -0.1) is 0 Å². The average molecular weight is 422 g/mol. The van der Waals surface area contributed by atoms with Gasteiger partial charge in [0.15, 0.2) is 5.75 Å². The fourth-order valence-electron chi connectivity index (χ4n) is 3.06. The summed E-state index contributed by atoms with van der Waals surface area (Å²) in [6.07, 6.45) is 0.188. The second kappa shape index (κ2) is 9.38. The second-order valence-electron chi connectivity index (χ2n) is 7.12. The minimum Gasteiger partial charge on any atom is -0.424 e. The van der Waals surface area contributed by atoms with Gasteiger partial charge in [-0.1, -0.05) is 31.2 Å². The van der Waals surface area contributed by atoms with Crippen molar-refractivity contribution >= 4 is 17.6 Å². The molecule has 0 unspecified atom stereocenters. The SMILES string of the molecule is CCC(=O)Oc1ccccc1NC(=O)c1cc(C)c(C)n(Cc2ccc(F)cc2)c1=O. The van der Waals surface area contributed by atoms with Crippen LogP contribution in [-0.2, 0) is 11.3 Å². The highest BCUT2D eigenvalue weighted by molar-refractivity contribution is 6.05. The molecule has 0 aliphatic rings. The first-order valence-electron chi connectivity index (χ1n) is 9.86. The Labute approximate surface area is 179 Å². The van der Waals surface area contributed by atoms with Gasteiger partial charge in [0, 0.05) is 12.1 Å². The molecule has 0 spiro atoms. The van der Waals surface area contributed by atoms with Crippen molar-refractivity contribution in [1.29, 1.82) is 0 Å². The van der Waals surface area contributed by atoms with Crippen molar-refractivity contribution in [1.82, 2.24) is 4.57 Å².